The van der Waals surface area contributed by atoms with Gasteiger partial charge in [0, 0.05) is 18.2 Å². The number of carbonyl (C=O) groups excluding carboxylic acids is 1. The van der Waals surface area contributed by atoms with Gasteiger partial charge in [0.2, 0.25) is 0 Å². The molecule has 3 rings (SSSR count). The summed E-state index contributed by atoms with van der Waals surface area (Å²) in [6.45, 7) is 0.632. The van der Waals surface area contributed by atoms with Crippen LogP contribution >= 0.6 is 0 Å². The first-order valence-electron chi connectivity index (χ1n) is 6.01. The van der Waals surface area contributed by atoms with Gasteiger partial charge in [0.1, 0.15) is 0 Å². The van der Waals surface area contributed by atoms with Gasteiger partial charge in [-0.15, -0.1) is 0 Å². The Labute approximate surface area is 100 Å². The minimum atomic E-state index is -0.400. The molecule has 3 N–H and O–H groups in total. The Bertz CT molecular complexity index is 468. The lowest BCUT2D eigenvalue weighted by Gasteiger charge is -2.13. The monoisotopic (exact) mass is 232 g/mol. The molecule has 1 aromatic rings. The second-order valence-corrected chi connectivity index (χ2v) is 4.87. The number of benzene rings is 1. The van der Waals surface area contributed by atoms with Crippen LogP contribution in [-0.4, -0.2) is 28.6 Å². The van der Waals surface area contributed by atoms with Crippen LogP contribution in [0, 0.1) is 0 Å². The molecule has 90 valence electrons. The highest BCUT2D eigenvalue weighted by atomic mass is 16.3. The second kappa shape index (κ2) is 3.82. The molecule has 4 nitrogen and oxygen atoms in total. The van der Waals surface area contributed by atoms with Crippen molar-refractivity contribution in [3.8, 4) is 0 Å². The van der Waals surface area contributed by atoms with Crippen LogP contribution in [0.2, 0.25) is 0 Å². The summed E-state index contributed by atoms with van der Waals surface area (Å²) in [5.41, 5.74) is 8.44. The molecule has 1 aromatic carbocycles. The molecule has 4 heteroatoms. The lowest BCUT2D eigenvalue weighted by atomic mass is 10.0. The maximum absolute atomic E-state index is 12.2. The quantitative estimate of drug-likeness (QED) is 0.810. The zero-order valence-electron chi connectivity index (χ0n) is 9.60. The number of hydrogen-bond acceptors (Lipinski definition) is 3. The van der Waals surface area contributed by atoms with Crippen molar-refractivity contribution in [2.24, 2.45) is 5.73 Å². The Hall–Kier alpha value is -1.39. The van der Waals surface area contributed by atoms with Gasteiger partial charge in [0.05, 0.1) is 12.6 Å². The van der Waals surface area contributed by atoms with Gasteiger partial charge in [-0.1, -0.05) is 12.1 Å². The summed E-state index contributed by atoms with van der Waals surface area (Å²) in [7, 11) is 0. The first-order chi connectivity index (χ1) is 8.20. The molecule has 0 radical (unpaired) electrons. The summed E-state index contributed by atoms with van der Waals surface area (Å²) in [5.74, 6) is 0.120. The molecule has 0 saturated heterocycles. The number of aliphatic hydroxyl groups excluding tert-OH is 1. The molecule has 1 aliphatic heterocycles. The smallest absolute Gasteiger partial charge is 0.254 e. The molecule has 0 bridgehead atoms. The Morgan fingerprint density at radius 1 is 1.47 bits per heavy atom. The van der Waals surface area contributed by atoms with Crippen LogP contribution in [0.1, 0.15) is 40.4 Å². The van der Waals surface area contributed by atoms with Crippen LogP contribution in [0.4, 0.5) is 0 Å². The maximum Gasteiger partial charge on any atom is 0.254 e. The molecule has 2 aliphatic rings. The molecular weight excluding hydrogens is 216 g/mol. The largest absolute Gasteiger partial charge is 0.394 e. The van der Waals surface area contributed by atoms with E-state index >= 15 is 0 Å². The van der Waals surface area contributed by atoms with E-state index < -0.39 is 6.04 Å². The van der Waals surface area contributed by atoms with Gasteiger partial charge in [-0.05, 0) is 30.0 Å². The van der Waals surface area contributed by atoms with E-state index in [9.17, 15) is 4.79 Å². The SMILES string of the molecule is NC(CO)c1ccc2c(c1)C(=O)N(C1CC1)C2. The molecular formula is C13H16N2O2. The molecule has 1 amide bonds. The van der Waals surface area contributed by atoms with E-state index in [0.717, 1.165) is 36.1 Å². The van der Waals surface area contributed by atoms with Crippen LogP contribution < -0.4 is 5.73 Å². The lowest BCUT2D eigenvalue weighted by molar-refractivity contribution is 0.0766. The summed E-state index contributed by atoms with van der Waals surface area (Å²) in [5, 5.41) is 9.03. The molecule has 1 unspecified atom stereocenters. The van der Waals surface area contributed by atoms with Gasteiger partial charge in [-0.3, -0.25) is 4.79 Å². The van der Waals surface area contributed by atoms with Gasteiger partial charge in [-0.2, -0.15) is 0 Å². The van der Waals surface area contributed by atoms with Crippen LogP contribution in [0.15, 0.2) is 18.2 Å². The molecule has 1 saturated carbocycles. The number of hydrogen-bond donors (Lipinski definition) is 2. The van der Waals surface area contributed by atoms with Crippen molar-refractivity contribution in [2.75, 3.05) is 6.61 Å². The molecule has 17 heavy (non-hydrogen) atoms. The van der Waals surface area contributed by atoms with Gasteiger partial charge in [0.25, 0.3) is 5.91 Å². The van der Waals surface area contributed by atoms with Crippen molar-refractivity contribution in [2.45, 2.75) is 31.5 Å². The first kappa shape index (κ1) is 10.7. The number of nitrogens with zero attached hydrogens (tertiary/aromatic N) is 1. The van der Waals surface area contributed by atoms with Crippen molar-refractivity contribution in [1.82, 2.24) is 4.90 Å². The van der Waals surface area contributed by atoms with E-state index in [0.29, 0.717) is 6.04 Å². The molecule has 1 fully saturated rings. The number of aliphatic hydroxyl groups is 1. The standard InChI is InChI=1S/C13H16N2O2/c14-12(7-16)8-1-2-9-6-15(10-3-4-10)13(17)11(9)5-8/h1-2,5,10,12,16H,3-4,6-7,14H2. The normalized spacial score (nSPS) is 20.6. The fourth-order valence-electron chi connectivity index (χ4n) is 2.36. The van der Waals surface area contributed by atoms with Gasteiger partial charge in [-0.25, -0.2) is 0 Å². The number of rotatable bonds is 3. The summed E-state index contributed by atoms with van der Waals surface area (Å²) in [6.07, 6.45) is 2.26. The highest BCUT2D eigenvalue weighted by Gasteiger charge is 2.38. The van der Waals surface area contributed by atoms with Gasteiger partial charge < -0.3 is 15.7 Å². The molecule has 0 aromatic heterocycles. The van der Waals surface area contributed by atoms with Crippen LogP contribution in [0.25, 0.3) is 0 Å². The Morgan fingerprint density at radius 2 is 2.24 bits per heavy atom. The summed E-state index contributed by atoms with van der Waals surface area (Å²) in [6, 6.07) is 5.75. The van der Waals surface area contributed by atoms with Crippen molar-refractivity contribution < 1.29 is 9.90 Å². The number of carbonyl (C=O) groups is 1. The molecule has 0 spiro atoms. The third-order valence-corrected chi connectivity index (χ3v) is 3.58. The van der Waals surface area contributed by atoms with Crippen LogP contribution in [-0.2, 0) is 6.54 Å². The lowest BCUT2D eigenvalue weighted by Crippen LogP contribution is -2.26. The van der Waals surface area contributed by atoms with Crippen molar-refractivity contribution >= 4 is 5.91 Å². The Kier molecular flexibility index (Phi) is 2.42. The van der Waals surface area contributed by atoms with Crippen LogP contribution in [0.3, 0.4) is 0 Å². The van der Waals surface area contributed by atoms with E-state index in [2.05, 4.69) is 0 Å². The van der Waals surface area contributed by atoms with Gasteiger partial charge in [0.15, 0.2) is 0 Å². The summed E-state index contributed by atoms with van der Waals surface area (Å²) >= 11 is 0. The topological polar surface area (TPSA) is 66.6 Å². The third-order valence-electron chi connectivity index (χ3n) is 3.58. The average molecular weight is 232 g/mol. The highest BCUT2D eigenvalue weighted by molar-refractivity contribution is 5.98. The van der Waals surface area contributed by atoms with E-state index in [1.807, 2.05) is 23.1 Å². The van der Waals surface area contributed by atoms with E-state index in [4.69, 9.17) is 10.8 Å². The fourth-order valence-corrected chi connectivity index (χ4v) is 2.36. The molecule has 1 atom stereocenters. The predicted molar refractivity (Wildman–Crippen MR) is 63.4 cm³/mol. The maximum atomic E-state index is 12.2. The minimum Gasteiger partial charge on any atom is -0.394 e. The van der Waals surface area contributed by atoms with Crippen molar-refractivity contribution in [3.63, 3.8) is 0 Å². The zero-order valence-corrected chi connectivity index (χ0v) is 9.60. The van der Waals surface area contributed by atoms with E-state index in [-0.39, 0.29) is 12.5 Å². The second-order valence-electron chi connectivity index (χ2n) is 4.87. The molecule has 1 aliphatic carbocycles. The predicted octanol–water partition coefficient (Wildman–Crippen LogP) is 0.797. The van der Waals surface area contributed by atoms with E-state index in [1.165, 1.54) is 0 Å². The average Bonchev–Trinajstić information content (AvgIpc) is 3.14. The summed E-state index contributed by atoms with van der Waals surface area (Å²) < 4.78 is 0. The number of nitrogens with two attached hydrogens (primary N) is 1. The Balaban J connectivity index is 1.92. The van der Waals surface area contributed by atoms with Gasteiger partial charge >= 0.3 is 0 Å². The van der Waals surface area contributed by atoms with Crippen molar-refractivity contribution in [3.05, 3.63) is 34.9 Å². The Morgan fingerprint density at radius 3 is 2.88 bits per heavy atom. The van der Waals surface area contributed by atoms with E-state index in [1.54, 1.807) is 0 Å². The first-order valence-corrected chi connectivity index (χ1v) is 6.01. The van der Waals surface area contributed by atoms with Crippen molar-refractivity contribution in [1.29, 1.82) is 0 Å². The fraction of sp³-hybridized carbons (Fsp3) is 0.462. The van der Waals surface area contributed by atoms with Crippen LogP contribution in [0.5, 0.6) is 0 Å². The third kappa shape index (κ3) is 1.73. The molecule has 1 heterocycles. The highest BCUT2D eigenvalue weighted by Crippen LogP contribution is 2.35. The zero-order chi connectivity index (χ0) is 12.0. The summed E-state index contributed by atoms with van der Waals surface area (Å²) in [4.78, 5) is 14.1. The minimum absolute atomic E-state index is 0.0979. The number of fused-ring (bicyclic) bond motifs is 1. The number of amides is 1.